The van der Waals surface area contributed by atoms with E-state index in [1.54, 1.807) is 56.9 Å². The second kappa shape index (κ2) is 7.01. The van der Waals surface area contributed by atoms with E-state index in [2.05, 4.69) is 26.2 Å². The molecule has 2 amide bonds. The fraction of sp³-hybridized carbons (Fsp3) is 0.476. The van der Waals surface area contributed by atoms with Crippen molar-refractivity contribution in [3.8, 4) is 0 Å². The van der Waals surface area contributed by atoms with E-state index in [0.717, 1.165) is 0 Å². The van der Waals surface area contributed by atoms with E-state index >= 15 is 0 Å². The molecule has 1 aliphatic carbocycles. The molecule has 31 heavy (non-hydrogen) atoms. The first-order chi connectivity index (χ1) is 14.3. The second-order valence-electron chi connectivity index (χ2n) is 9.04. The molecule has 7 nitrogen and oxygen atoms in total. The number of imidazole rings is 1. The number of nitrogens with one attached hydrogen (secondary N) is 1. The van der Waals surface area contributed by atoms with Crippen molar-refractivity contribution >= 4 is 33.9 Å². The highest BCUT2D eigenvalue weighted by atomic mass is 79.9. The summed E-state index contributed by atoms with van der Waals surface area (Å²) in [6.07, 6.45) is 2.41. The van der Waals surface area contributed by atoms with Crippen LogP contribution in [0.3, 0.4) is 0 Å². The van der Waals surface area contributed by atoms with Crippen molar-refractivity contribution in [1.29, 1.82) is 0 Å². The van der Waals surface area contributed by atoms with Gasteiger partial charge in [-0.3, -0.25) is 9.69 Å². The van der Waals surface area contributed by atoms with Gasteiger partial charge in [-0.15, -0.1) is 0 Å². The molecule has 0 bridgehead atoms. The van der Waals surface area contributed by atoms with E-state index in [0.29, 0.717) is 21.5 Å². The van der Waals surface area contributed by atoms with Crippen LogP contribution in [0.1, 0.15) is 48.7 Å². The molecule has 1 atom stereocenters. The van der Waals surface area contributed by atoms with Crippen LogP contribution in [0.4, 0.5) is 19.5 Å². The predicted octanol–water partition coefficient (Wildman–Crippen LogP) is 4.09. The maximum absolute atomic E-state index is 14.2. The molecule has 2 heterocycles. The zero-order valence-electron chi connectivity index (χ0n) is 17.6. The lowest BCUT2D eigenvalue weighted by Crippen LogP contribution is -2.42. The van der Waals surface area contributed by atoms with Gasteiger partial charge in [-0.25, -0.2) is 18.6 Å². The van der Waals surface area contributed by atoms with Crippen LogP contribution in [0.15, 0.2) is 29.0 Å². The monoisotopic (exact) mass is 496 g/mol. The second-order valence-corrected chi connectivity index (χ2v) is 9.90. The van der Waals surface area contributed by atoms with Crippen LogP contribution >= 0.6 is 15.9 Å². The summed E-state index contributed by atoms with van der Waals surface area (Å²) in [5.74, 6) is -2.85. The van der Waals surface area contributed by atoms with Crippen LogP contribution in [0.25, 0.3) is 0 Å². The number of amides is 2. The largest absolute Gasteiger partial charge is 0.443 e. The van der Waals surface area contributed by atoms with Crippen LogP contribution in [-0.2, 0) is 16.7 Å². The number of hydrogen-bond acceptors (Lipinski definition) is 4. The molecule has 1 N–H and O–H groups in total. The molecule has 4 rings (SSSR count). The molecule has 166 valence electrons. The zero-order valence-corrected chi connectivity index (χ0v) is 19.2. The van der Waals surface area contributed by atoms with Crippen molar-refractivity contribution < 1.29 is 23.1 Å². The number of aromatic nitrogens is 2. The Hall–Kier alpha value is -2.49. The van der Waals surface area contributed by atoms with Gasteiger partial charge in [0, 0.05) is 42.4 Å². The number of ether oxygens (including phenoxy) is 1. The molecule has 1 saturated carbocycles. The van der Waals surface area contributed by atoms with Gasteiger partial charge in [0.25, 0.3) is 11.8 Å². The third kappa shape index (κ3) is 3.71. The van der Waals surface area contributed by atoms with Crippen molar-refractivity contribution in [3.63, 3.8) is 0 Å². The van der Waals surface area contributed by atoms with Gasteiger partial charge < -0.3 is 14.6 Å². The predicted molar refractivity (Wildman–Crippen MR) is 114 cm³/mol. The van der Waals surface area contributed by atoms with E-state index in [-0.39, 0.29) is 31.0 Å². The average molecular weight is 497 g/mol. The summed E-state index contributed by atoms with van der Waals surface area (Å²) in [5, 5.41) is 2.60. The average Bonchev–Trinajstić information content (AvgIpc) is 2.97. The Bertz CT molecular complexity index is 1080. The molecule has 1 unspecified atom stereocenters. The fourth-order valence-electron chi connectivity index (χ4n) is 3.96. The van der Waals surface area contributed by atoms with E-state index in [1.807, 2.05) is 0 Å². The lowest BCUT2D eigenvalue weighted by atomic mass is 9.86. The summed E-state index contributed by atoms with van der Waals surface area (Å²) in [7, 11) is 1.56. The lowest BCUT2D eigenvalue weighted by Gasteiger charge is -2.28. The molecule has 1 aromatic heterocycles. The number of hydrogen-bond donors (Lipinski definition) is 1. The summed E-state index contributed by atoms with van der Waals surface area (Å²) < 4.78 is 35.9. The van der Waals surface area contributed by atoms with Gasteiger partial charge in [-0.2, -0.15) is 0 Å². The number of carbonyl (C=O) groups is 2. The number of anilines is 1. The molecule has 1 fully saturated rings. The topological polar surface area (TPSA) is 76.5 Å². The van der Waals surface area contributed by atoms with Crippen molar-refractivity contribution in [1.82, 2.24) is 14.9 Å². The highest BCUT2D eigenvalue weighted by molar-refractivity contribution is 9.10. The molecule has 0 saturated heterocycles. The highest BCUT2D eigenvalue weighted by Crippen LogP contribution is 2.64. The van der Waals surface area contributed by atoms with E-state index in [1.165, 1.54) is 4.90 Å². The summed E-state index contributed by atoms with van der Waals surface area (Å²) in [6, 6.07) is 3.37. The first-order valence-electron chi connectivity index (χ1n) is 9.81. The minimum absolute atomic E-state index is 0.0733. The molecular formula is C21H23BrF2N4O3. The van der Waals surface area contributed by atoms with Crippen LogP contribution in [0, 0.1) is 0 Å². The number of carbonyl (C=O) groups excluding carboxylic acids is 2. The third-order valence-corrected chi connectivity index (χ3v) is 6.16. The number of fused-ring (bicyclic) bond motifs is 2. The fourth-order valence-corrected chi connectivity index (χ4v) is 4.85. The smallest absolute Gasteiger partial charge is 0.416 e. The minimum Gasteiger partial charge on any atom is -0.443 e. The number of benzene rings is 1. The quantitative estimate of drug-likeness (QED) is 0.694. The Morgan fingerprint density at radius 3 is 2.68 bits per heavy atom. The van der Waals surface area contributed by atoms with Crippen LogP contribution in [0.2, 0.25) is 0 Å². The Morgan fingerprint density at radius 2 is 2.06 bits per heavy atom. The number of nitrogens with zero attached hydrogens (tertiary/aromatic N) is 3. The van der Waals surface area contributed by atoms with Crippen molar-refractivity contribution in [2.75, 3.05) is 18.5 Å². The van der Waals surface area contributed by atoms with Crippen LogP contribution in [-0.4, -0.2) is 46.7 Å². The van der Waals surface area contributed by atoms with E-state index in [4.69, 9.17) is 4.74 Å². The Labute approximate surface area is 186 Å². The minimum atomic E-state index is -2.84. The maximum atomic E-state index is 14.2. The van der Waals surface area contributed by atoms with E-state index in [9.17, 15) is 18.4 Å². The molecule has 2 aliphatic rings. The highest BCUT2D eigenvalue weighted by Gasteiger charge is 2.74. The molecule has 1 aliphatic heterocycles. The number of rotatable bonds is 3. The molecule has 0 radical (unpaired) electrons. The normalized spacial score (nSPS) is 21.5. The molecule has 1 spiro atoms. The first kappa shape index (κ1) is 21.7. The number of alkyl halides is 2. The van der Waals surface area contributed by atoms with Gasteiger partial charge in [0.2, 0.25) is 5.95 Å². The standard InChI is InChI=1S/C21H23BrF2N4O3/c1-19(2,3)31-18(30)27(4)17-25-5-6-28(17)9-12-7-13-15(14(22)8-12)20(10-21(20,23)24)11-26-16(13)29/h5-8H,9-11H2,1-4H3,(H,26,29). The Morgan fingerprint density at radius 1 is 1.39 bits per heavy atom. The van der Waals surface area contributed by atoms with Gasteiger partial charge in [0.1, 0.15) is 5.60 Å². The first-order valence-corrected chi connectivity index (χ1v) is 10.6. The Kier molecular flexibility index (Phi) is 4.92. The third-order valence-electron chi connectivity index (χ3n) is 5.54. The lowest BCUT2D eigenvalue weighted by molar-refractivity contribution is 0.0585. The maximum Gasteiger partial charge on any atom is 0.416 e. The van der Waals surface area contributed by atoms with Crippen LogP contribution < -0.4 is 10.2 Å². The molecule has 2 aromatic rings. The van der Waals surface area contributed by atoms with Gasteiger partial charge in [-0.05, 0) is 44.0 Å². The summed E-state index contributed by atoms with van der Waals surface area (Å²) in [5.41, 5.74) is -0.680. The zero-order chi connectivity index (χ0) is 22.8. The van der Waals surface area contributed by atoms with Gasteiger partial charge >= 0.3 is 6.09 Å². The van der Waals surface area contributed by atoms with Gasteiger partial charge in [0.05, 0.1) is 12.0 Å². The molecular weight excluding hydrogens is 474 g/mol. The van der Waals surface area contributed by atoms with Crippen molar-refractivity contribution in [2.24, 2.45) is 0 Å². The van der Waals surface area contributed by atoms with Crippen molar-refractivity contribution in [2.45, 2.75) is 50.7 Å². The van der Waals surface area contributed by atoms with E-state index < -0.39 is 23.0 Å². The summed E-state index contributed by atoms with van der Waals surface area (Å²) in [4.78, 5) is 30.4. The number of halogens is 3. The van der Waals surface area contributed by atoms with Crippen LogP contribution in [0.5, 0.6) is 0 Å². The summed E-state index contributed by atoms with van der Waals surface area (Å²) in [6.45, 7) is 5.53. The Balaban J connectivity index is 1.64. The molecule has 10 heteroatoms. The van der Waals surface area contributed by atoms with Gasteiger partial charge in [0.15, 0.2) is 0 Å². The summed E-state index contributed by atoms with van der Waals surface area (Å²) >= 11 is 3.41. The van der Waals surface area contributed by atoms with Gasteiger partial charge in [-0.1, -0.05) is 15.9 Å². The SMILES string of the molecule is CN(C(=O)OC(C)(C)C)c1nccn1Cc1cc(Br)c2c(c1)C(=O)NCC21CC1(F)F. The molecule has 1 aromatic carbocycles. The van der Waals surface area contributed by atoms with Crippen molar-refractivity contribution in [3.05, 3.63) is 45.7 Å².